The van der Waals surface area contributed by atoms with Gasteiger partial charge in [-0.1, -0.05) is 0 Å². The maximum atomic E-state index is 12.8. The summed E-state index contributed by atoms with van der Waals surface area (Å²) in [5, 5.41) is 2.71. The molecule has 1 aliphatic heterocycles. The fourth-order valence-electron chi connectivity index (χ4n) is 3.26. The summed E-state index contributed by atoms with van der Waals surface area (Å²) in [5.41, 5.74) is 3.07. The van der Waals surface area contributed by atoms with Crippen LogP contribution < -0.4 is 9.47 Å². The molecule has 1 amide bonds. The van der Waals surface area contributed by atoms with Crippen LogP contribution in [0, 0.1) is 0 Å². The zero-order valence-corrected chi connectivity index (χ0v) is 16.0. The Labute approximate surface area is 161 Å². The van der Waals surface area contributed by atoms with Gasteiger partial charge in [0.25, 0.3) is 0 Å². The lowest BCUT2D eigenvalue weighted by Gasteiger charge is -2.29. The van der Waals surface area contributed by atoms with Crippen LogP contribution in [0.25, 0.3) is 10.8 Å². The molecule has 0 N–H and O–H groups in total. The summed E-state index contributed by atoms with van der Waals surface area (Å²) in [7, 11) is 3.25. The quantitative estimate of drug-likeness (QED) is 0.673. The Balaban J connectivity index is 1.46. The van der Waals surface area contributed by atoms with Crippen molar-refractivity contribution in [3.63, 3.8) is 0 Å². The van der Waals surface area contributed by atoms with Gasteiger partial charge in [0.15, 0.2) is 22.3 Å². The monoisotopic (exact) mass is 384 g/mol. The molecule has 0 radical (unpaired) electrons. The van der Waals surface area contributed by atoms with Crippen molar-refractivity contribution >= 4 is 17.2 Å². The maximum Gasteiger partial charge on any atom is 0.228 e. The van der Waals surface area contributed by atoms with Crippen LogP contribution in [-0.4, -0.2) is 36.6 Å². The lowest BCUT2D eigenvalue weighted by Crippen LogP contribution is -2.37. The highest BCUT2D eigenvalue weighted by atomic mass is 32.1. The second-order valence-corrected chi connectivity index (χ2v) is 7.20. The van der Waals surface area contributed by atoms with E-state index in [0.29, 0.717) is 25.3 Å². The van der Waals surface area contributed by atoms with Gasteiger partial charge in [-0.3, -0.25) is 4.79 Å². The molecular weight excluding hydrogens is 364 g/mol. The summed E-state index contributed by atoms with van der Waals surface area (Å²) in [4.78, 5) is 19.2. The van der Waals surface area contributed by atoms with Crippen LogP contribution in [0.3, 0.4) is 0 Å². The molecule has 0 aliphatic carbocycles. The third kappa shape index (κ3) is 3.55. The second-order valence-electron chi connectivity index (χ2n) is 6.34. The van der Waals surface area contributed by atoms with Gasteiger partial charge in [-0.05, 0) is 41.8 Å². The van der Waals surface area contributed by atoms with Crippen LogP contribution in [0.2, 0.25) is 0 Å². The molecule has 6 nitrogen and oxygen atoms in total. The van der Waals surface area contributed by atoms with Gasteiger partial charge in [0, 0.05) is 18.5 Å². The first-order valence-electron chi connectivity index (χ1n) is 8.67. The number of methoxy groups -OCH3 is 2. The first kappa shape index (κ1) is 17.6. The summed E-state index contributed by atoms with van der Waals surface area (Å²) in [5.74, 6) is 2.22. The number of nitrogens with zero attached hydrogens (tertiary/aromatic N) is 2. The van der Waals surface area contributed by atoms with E-state index in [4.69, 9.17) is 13.9 Å². The minimum atomic E-state index is 0.0757. The smallest absolute Gasteiger partial charge is 0.228 e. The zero-order valence-electron chi connectivity index (χ0n) is 15.2. The predicted octanol–water partition coefficient (Wildman–Crippen LogP) is 3.55. The molecule has 0 atom stereocenters. The minimum Gasteiger partial charge on any atom is -0.493 e. The van der Waals surface area contributed by atoms with Gasteiger partial charge in [0.2, 0.25) is 5.91 Å². The minimum absolute atomic E-state index is 0.0757. The molecule has 140 valence electrons. The van der Waals surface area contributed by atoms with Crippen molar-refractivity contribution < 1.29 is 18.7 Å². The molecule has 3 aromatic rings. The van der Waals surface area contributed by atoms with E-state index < -0.39 is 0 Å². The van der Waals surface area contributed by atoms with Crippen LogP contribution in [0.5, 0.6) is 11.5 Å². The molecule has 0 saturated carbocycles. The SMILES string of the molecule is COc1cc2c(cc1OC)CN(C(=O)Cc1csc(-c3ccco3)n1)CC2. The van der Waals surface area contributed by atoms with E-state index >= 15 is 0 Å². The fraction of sp³-hybridized carbons (Fsp3) is 0.300. The Morgan fingerprint density at radius 3 is 2.74 bits per heavy atom. The zero-order chi connectivity index (χ0) is 18.8. The van der Waals surface area contributed by atoms with Gasteiger partial charge in [0.05, 0.1) is 32.6 Å². The molecule has 3 heterocycles. The number of ether oxygens (including phenoxy) is 2. The van der Waals surface area contributed by atoms with Crippen molar-refractivity contribution in [3.8, 4) is 22.3 Å². The highest BCUT2D eigenvalue weighted by Crippen LogP contribution is 2.33. The van der Waals surface area contributed by atoms with E-state index in [-0.39, 0.29) is 5.91 Å². The fourth-order valence-corrected chi connectivity index (χ4v) is 4.05. The van der Waals surface area contributed by atoms with Crippen LogP contribution in [0.4, 0.5) is 0 Å². The van der Waals surface area contributed by atoms with Crippen LogP contribution in [0.15, 0.2) is 40.3 Å². The number of thiazole rings is 1. The molecule has 4 rings (SSSR count). The number of carbonyl (C=O) groups excluding carboxylic acids is 1. The van der Waals surface area contributed by atoms with E-state index in [9.17, 15) is 4.79 Å². The maximum absolute atomic E-state index is 12.8. The van der Waals surface area contributed by atoms with Crippen molar-refractivity contribution in [2.45, 2.75) is 19.4 Å². The normalized spacial score (nSPS) is 13.3. The van der Waals surface area contributed by atoms with Crippen molar-refractivity contribution in [1.29, 1.82) is 0 Å². The third-order valence-corrected chi connectivity index (χ3v) is 5.59. The van der Waals surface area contributed by atoms with Crippen molar-refractivity contribution in [1.82, 2.24) is 9.88 Å². The third-order valence-electron chi connectivity index (χ3n) is 4.69. The largest absolute Gasteiger partial charge is 0.493 e. The molecule has 27 heavy (non-hydrogen) atoms. The molecule has 0 fully saturated rings. The molecule has 0 unspecified atom stereocenters. The summed E-state index contributed by atoms with van der Waals surface area (Å²) in [6.45, 7) is 1.26. The standard InChI is InChI=1S/C20H20N2O4S/c1-24-17-8-13-5-6-22(11-14(13)9-18(17)25-2)19(23)10-15-12-27-20(21-15)16-4-3-7-26-16/h3-4,7-9,12H,5-6,10-11H2,1-2H3. The summed E-state index contributed by atoms with van der Waals surface area (Å²) in [6.07, 6.45) is 2.71. The predicted molar refractivity (Wildman–Crippen MR) is 102 cm³/mol. The molecule has 0 bridgehead atoms. The van der Waals surface area contributed by atoms with Gasteiger partial charge in [-0.2, -0.15) is 0 Å². The Hall–Kier alpha value is -2.80. The van der Waals surface area contributed by atoms with Crippen molar-refractivity contribution in [2.24, 2.45) is 0 Å². The summed E-state index contributed by atoms with van der Waals surface area (Å²) >= 11 is 1.49. The number of rotatable bonds is 5. The summed E-state index contributed by atoms with van der Waals surface area (Å²) in [6, 6.07) is 7.67. The Morgan fingerprint density at radius 2 is 2.04 bits per heavy atom. The number of benzene rings is 1. The molecule has 1 aromatic carbocycles. The molecular formula is C20H20N2O4S. The van der Waals surface area contributed by atoms with Gasteiger partial charge >= 0.3 is 0 Å². The second kappa shape index (κ2) is 7.44. The number of carbonyl (C=O) groups is 1. The molecule has 0 spiro atoms. The highest BCUT2D eigenvalue weighted by molar-refractivity contribution is 7.13. The van der Waals surface area contributed by atoms with E-state index in [1.807, 2.05) is 34.5 Å². The lowest BCUT2D eigenvalue weighted by molar-refractivity contribution is -0.131. The average molecular weight is 384 g/mol. The van der Waals surface area contributed by atoms with E-state index in [0.717, 1.165) is 34.2 Å². The first-order chi connectivity index (χ1) is 13.2. The Bertz CT molecular complexity index is 949. The summed E-state index contributed by atoms with van der Waals surface area (Å²) < 4.78 is 16.1. The van der Waals surface area contributed by atoms with Crippen LogP contribution in [-0.2, 0) is 24.2 Å². The topological polar surface area (TPSA) is 64.8 Å². The van der Waals surface area contributed by atoms with Gasteiger partial charge in [-0.15, -0.1) is 11.3 Å². The van der Waals surface area contributed by atoms with E-state index in [1.165, 1.54) is 16.9 Å². The Kier molecular flexibility index (Phi) is 4.85. The van der Waals surface area contributed by atoms with Gasteiger partial charge in [-0.25, -0.2) is 4.98 Å². The van der Waals surface area contributed by atoms with Crippen LogP contribution in [0.1, 0.15) is 16.8 Å². The highest BCUT2D eigenvalue weighted by Gasteiger charge is 2.23. The number of hydrogen-bond acceptors (Lipinski definition) is 6. The van der Waals surface area contributed by atoms with Crippen molar-refractivity contribution in [3.05, 3.63) is 52.7 Å². The average Bonchev–Trinajstić information content (AvgIpc) is 3.38. The van der Waals surface area contributed by atoms with E-state index in [2.05, 4.69) is 4.98 Å². The van der Waals surface area contributed by atoms with E-state index in [1.54, 1.807) is 20.5 Å². The van der Waals surface area contributed by atoms with Crippen LogP contribution >= 0.6 is 11.3 Å². The molecule has 2 aromatic heterocycles. The molecule has 1 aliphatic rings. The number of amides is 1. The number of hydrogen-bond donors (Lipinski definition) is 0. The molecule has 0 saturated heterocycles. The first-order valence-corrected chi connectivity index (χ1v) is 9.55. The van der Waals surface area contributed by atoms with Gasteiger partial charge in [0.1, 0.15) is 0 Å². The van der Waals surface area contributed by atoms with Gasteiger partial charge < -0.3 is 18.8 Å². The van der Waals surface area contributed by atoms with Crippen molar-refractivity contribution in [2.75, 3.05) is 20.8 Å². The lowest BCUT2D eigenvalue weighted by atomic mass is 9.98. The Morgan fingerprint density at radius 1 is 1.26 bits per heavy atom. The molecule has 7 heteroatoms. The number of furan rings is 1. The number of fused-ring (bicyclic) bond motifs is 1. The number of aromatic nitrogens is 1.